The summed E-state index contributed by atoms with van der Waals surface area (Å²) in [5.41, 5.74) is -2.50. The van der Waals surface area contributed by atoms with E-state index in [1.807, 2.05) is 0 Å². The van der Waals surface area contributed by atoms with Crippen molar-refractivity contribution in [3.8, 4) is 0 Å². The Morgan fingerprint density at radius 3 is 0.554 bits per heavy atom. The number of carboxylic acid groups (broad SMARTS) is 1. The molecule has 0 amide bonds. The van der Waals surface area contributed by atoms with E-state index in [1.165, 1.54) is 93.4 Å². The average molecular weight is 1950 g/mol. The summed E-state index contributed by atoms with van der Waals surface area (Å²) < 4.78 is 228. The quantitative estimate of drug-likeness (QED) is 0.0216. The first kappa shape index (κ1) is 108. The molecule has 0 saturated heterocycles. The number of carboxylic acids is 1. The lowest BCUT2D eigenvalue weighted by Gasteiger charge is -2.37. The Balaban J connectivity index is 0.000000231. The SMILES string of the molecule is CC(C)(C)OC(=O)C(F)(F)S(=O)(=O)[O-].CC(C)(OC(=O)C(F)(F)S(=O)(=O)[O-])C1CCCCC1.COC(=O)C(F)(F)S(=O)(=O)[O-].O=C(O)C(F)(F)S(=O)(=O)[O-].c1ccc([S+](c2ccccc2)c2ccccc2)cc1.c1ccc([S+](c2ccccc2)c2ccccc2)cc1.c1ccc([S+](c2ccccc2)c2ccccc2)cc1.c1ccc([S+](c2ccccc2)c2ccccc2)cc1. The van der Waals surface area contributed by atoms with Crippen molar-refractivity contribution in [3.63, 3.8) is 0 Å². The van der Waals surface area contributed by atoms with E-state index in [0.717, 1.165) is 32.1 Å². The summed E-state index contributed by atoms with van der Waals surface area (Å²) in [6.45, 7) is 6.69. The highest BCUT2D eigenvalue weighted by Crippen LogP contribution is 2.39. The number of benzene rings is 12. The van der Waals surface area contributed by atoms with Crippen LogP contribution in [0.4, 0.5) is 35.1 Å². The summed E-state index contributed by atoms with van der Waals surface area (Å²) in [6.07, 6.45) is 4.28. The van der Waals surface area contributed by atoms with Gasteiger partial charge in [-0.05, 0) is 199 Å². The molecule has 690 valence electrons. The smallest absolute Gasteiger partial charge is 0.428 e. The van der Waals surface area contributed by atoms with Crippen LogP contribution in [0.25, 0.3) is 0 Å². The standard InChI is InChI=1S/4C18H15S.C11H18F2O5S.C6H10F2O5S.C3H4F2O5S.C2H2F2O5S/c4*1-4-10-16(11-5-1)19(17-12-6-2-7-13-17)18-14-8-3-9-15-18;1-10(2,8-6-4-3-5-7-8)18-9(14)11(12,13)19(15,16)17;1-5(2,3)13-4(9)6(7,8)14(10,11)12;1-10-2(6)3(4,5)11(7,8)9;3-2(4,1(5)6)10(7,8)9/h4*1-15H;8H,3-7H2,1-2H3,(H,15,16,17);1-3H3,(H,10,11,12);1H3,(H,7,8,9);(H,5,6)(H,7,8,9)/q4*+1;;;;/p-4. The molecule has 0 aliphatic heterocycles. The molecule has 12 aromatic carbocycles. The van der Waals surface area contributed by atoms with Gasteiger partial charge in [0.25, 0.3) is 0 Å². The van der Waals surface area contributed by atoms with Crippen LogP contribution in [0.1, 0.15) is 66.7 Å². The van der Waals surface area contributed by atoms with Crippen molar-refractivity contribution < 1.29 is 126 Å². The Kier molecular flexibility index (Phi) is 41.3. The largest absolute Gasteiger partial charge is 0.743 e. The highest BCUT2D eigenvalue weighted by Gasteiger charge is 2.53. The highest BCUT2D eigenvalue weighted by molar-refractivity contribution is 7.98. The number of halogens is 8. The zero-order valence-corrected chi connectivity index (χ0v) is 76.8. The summed E-state index contributed by atoms with van der Waals surface area (Å²) >= 11 is 0. The monoisotopic (exact) mass is 1950 g/mol. The Morgan fingerprint density at radius 2 is 0.431 bits per heavy atom. The molecule has 1 fully saturated rings. The molecule has 130 heavy (non-hydrogen) atoms. The van der Waals surface area contributed by atoms with Gasteiger partial charge in [0.05, 0.1) is 50.7 Å². The molecule has 36 heteroatoms. The second kappa shape index (κ2) is 49.9. The van der Waals surface area contributed by atoms with Gasteiger partial charge < -0.3 is 37.5 Å². The normalized spacial score (nSPS) is 12.6. The van der Waals surface area contributed by atoms with Gasteiger partial charge in [-0.2, -0.15) is 35.1 Å². The first-order valence-corrected chi connectivity index (χ1v) is 49.3. The Hall–Kier alpha value is -11.0. The predicted molar refractivity (Wildman–Crippen MR) is 477 cm³/mol. The molecule has 1 aliphatic carbocycles. The van der Waals surface area contributed by atoms with E-state index in [4.69, 9.17) is 5.11 Å². The fourth-order valence-electron chi connectivity index (χ4n) is 11.4. The summed E-state index contributed by atoms with van der Waals surface area (Å²) in [4.78, 5) is 57.4. The third kappa shape index (κ3) is 32.8. The molecule has 1 saturated carbocycles. The molecule has 0 bridgehead atoms. The van der Waals surface area contributed by atoms with Gasteiger partial charge in [-0.3, -0.25) is 0 Å². The Labute approximate surface area is 762 Å². The van der Waals surface area contributed by atoms with Crippen LogP contribution in [-0.4, -0.2) is 120 Å². The van der Waals surface area contributed by atoms with Gasteiger partial charge >= 0.3 is 44.9 Å². The molecule has 0 spiro atoms. The molecule has 0 aromatic heterocycles. The minimum atomic E-state index is -6.08. The number of hydrogen-bond acceptors (Lipinski definition) is 19. The molecule has 0 radical (unpaired) electrons. The highest BCUT2D eigenvalue weighted by atomic mass is 32.2. The Bertz CT molecular complexity index is 5090. The van der Waals surface area contributed by atoms with Crippen molar-refractivity contribution in [3.05, 3.63) is 364 Å². The number of ether oxygens (including phenoxy) is 3. The number of carbonyl (C=O) groups is 4. The van der Waals surface area contributed by atoms with Gasteiger partial charge in [-0.15, -0.1) is 0 Å². The number of esters is 3. The molecule has 0 unspecified atom stereocenters. The van der Waals surface area contributed by atoms with Gasteiger partial charge in [-0.1, -0.05) is 238 Å². The molecule has 1 N–H and O–H groups in total. The van der Waals surface area contributed by atoms with Gasteiger partial charge in [-0.25, -0.2) is 52.8 Å². The van der Waals surface area contributed by atoms with Crippen LogP contribution in [0.3, 0.4) is 0 Å². The number of carbonyl (C=O) groups excluding carboxylic acids is 3. The maximum atomic E-state index is 13.0. The number of hydrogen-bond donors (Lipinski definition) is 1. The zero-order chi connectivity index (χ0) is 96.2. The second-order valence-electron chi connectivity index (χ2n) is 28.5. The van der Waals surface area contributed by atoms with Crippen LogP contribution in [0, 0.1) is 5.92 Å². The van der Waals surface area contributed by atoms with Gasteiger partial charge in [0.1, 0.15) is 11.2 Å². The lowest BCUT2D eigenvalue weighted by Crippen LogP contribution is -2.46. The molecule has 0 atom stereocenters. The average Bonchev–Trinajstić information content (AvgIpc) is 0.793. The van der Waals surface area contributed by atoms with Crippen molar-refractivity contribution >= 4 is 108 Å². The van der Waals surface area contributed by atoms with E-state index < -0.39 is 96.6 Å². The Morgan fingerprint density at radius 1 is 0.277 bits per heavy atom. The predicted octanol–water partition coefficient (Wildman–Crippen LogP) is 20.1. The maximum absolute atomic E-state index is 13.0. The second-order valence-corrected chi connectivity index (χ2v) is 42.3. The molecule has 12 aromatic rings. The number of alkyl halides is 8. The molecule has 0 heterocycles. The van der Waals surface area contributed by atoms with Crippen molar-refractivity contribution in [2.24, 2.45) is 5.92 Å². The van der Waals surface area contributed by atoms with E-state index in [2.05, 4.69) is 378 Å². The summed E-state index contributed by atoms with van der Waals surface area (Å²) in [6, 6.07) is 129. The summed E-state index contributed by atoms with van der Waals surface area (Å²) in [5, 5.41) is -12.9. The van der Waals surface area contributed by atoms with E-state index in [0.29, 0.717) is 7.11 Å². The third-order valence-corrected chi connectivity index (χ3v) is 29.6. The minimum absolute atomic E-state index is 0.0146. The van der Waals surface area contributed by atoms with E-state index in [9.17, 15) is 106 Å². The summed E-state index contributed by atoms with van der Waals surface area (Å²) in [7, 11) is -23.7. The zero-order valence-electron chi connectivity index (χ0n) is 70.2. The van der Waals surface area contributed by atoms with Crippen LogP contribution >= 0.6 is 0 Å². The van der Waals surface area contributed by atoms with Crippen LogP contribution in [0.2, 0.25) is 0 Å². The van der Waals surface area contributed by atoms with Gasteiger partial charge in [0, 0.05) is 0 Å². The fourth-order valence-corrected chi connectivity index (χ4v) is 20.8. The molecule has 13 rings (SSSR count). The lowest BCUT2D eigenvalue weighted by atomic mass is 9.79. The van der Waals surface area contributed by atoms with E-state index in [-0.39, 0.29) is 49.5 Å². The van der Waals surface area contributed by atoms with Gasteiger partial charge in [0.15, 0.2) is 99.2 Å². The van der Waals surface area contributed by atoms with Crippen molar-refractivity contribution in [1.82, 2.24) is 0 Å². The van der Waals surface area contributed by atoms with Crippen molar-refractivity contribution in [2.75, 3.05) is 7.11 Å². The number of rotatable bonds is 22. The van der Waals surface area contributed by atoms with Crippen molar-refractivity contribution in [1.29, 1.82) is 0 Å². The molecule has 20 nitrogen and oxygen atoms in total. The van der Waals surface area contributed by atoms with Gasteiger partial charge in [0.2, 0.25) is 0 Å². The lowest BCUT2D eigenvalue weighted by molar-refractivity contribution is -0.181. The molecule has 1 aliphatic rings. The number of aliphatic carboxylic acids is 1. The van der Waals surface area contributed by atoms with Crippen LogP contribution in [-0.2, 0) is 117 Å². The van der Waals surface area contributed by atoms with Crippen molar-refractivity contribution in [2.45, 2.75) is 158 Å². The molecular formula is C94H90F8O20S8. The third-order valence-electron chi connectivity index (χ3n) is 17.5. The number of methoxy groups -OCH3 is 1. The van der Waals surface area contributed by atoms with E-state index in [1.54, 1.807) is 0 Å². The minimum Gasteiger partial charge on any atom is -0.743 e. The summed E-state index contributed by atoms with van der Waals surface area (Å²) in [5.74, 6) is -10.1. The van der Waals surface area contributed by atoms with Crippen LogP contribution in [0.15, 0.2) is 423 Å². The molecular weight excluding hydrogens is 1860 g/mol. The topological polar surface area (TPSA) is 345 Å². The first-order chi connectivity index (χ1) is 61.1. The van der Waals surface area contributed by atoms with Crippen LogP contribution < -0.4 is 0 Å². The first-order valence-electron chi connectivity index (χ1n) is 38.8. The maximum Gasteiger partial charge on any atom is 0.428 e. The van der Waals surface area contributed by atoms with Crippen LogP contribution in [0.5, 0.6) is 0 Å². The fraction of sp³-hybridized carbons (Fsp3) is 0.191. The van der Waals surface area contributed by atoms with E-state index >= 15 is 0 Å².